The molecule has 0 bridgehead atoms. The van der Waals surface area contributed by atoms with Gasteiger partial charge in [-0.1, -0.05) is 24.3 Å². The molecule has 0 unspecified atom stereocenters. The fourth-order valence-electron chi connectivity index (χ4n) is 3.69. The van der Waals surface area contributed by atoms with Crippen LogP contribution in [0, 0.1) is 6.92 Å². The molecule has 1 N–H and O–H groups in total. The van der Waals surface area contributed by atoms with Gasteiger partial charge in [0.05, 0.1) is 12.8 Å². The zero-order valence-corrected chi connectivity index (χ0v) is 15.5. The van der Waals surface area contributed by atoms with Gasteiger partial charge in [0.2, 0.25) is 0 Å². The van der Waals surface area contributed by atoms with Crippen LogP contribution in [0.1, 0.15) is 23.6 Å². The van der Waals surface area contributed by atoms with Crippen molar-refractivity contribution in [2.24, 2.45) is 0 Å². The van der Waals surface area contributed by atoms with Crippen molar-refractivity contribution in [1.82, 2.24) is 9.55 Å². The van der Waals surface area contributed by atoms with Crippen LogP contribution in [-0.2, 0) is 6.42 Å². The Bertz CT molecular complexity index is 1200. The average molecular weight is 360 g/mol. The molecule has 1 aliphatic rings. The number of ether oxygens (including phenoxy) is 1. The minimum absolute atomic E-state index is 0.414. The molecule has 0 amide bonds. The number of methoxy groups -OCH3 is 1. The summed E-state index contributed by atoms with van der Waals surface area (Å²) in [6.07, 6.45) is 4.64. The first-order chi connectivity index (χ1) is 13.0. The topological polar surface area (TPSA) is 64.1 Å². The summed E-state index contributed by atoms with van der Waals surface area (Å²) in [5, 5.41) is 0. The van der Waals surface area contributed by atoms with E-state index in [4.69, 9.17) is 4.74 Å². The van der Waals surface area contributed by atoms with E-state index in [9.17, 15) is 9.59 Å². The molecule has 1 aromatic heterocycles. The van der Waals surface area contributed by atoms with Gasteiger partial charge in [-0.25, -0.2) is 4.79 Å². The number of allylic oxidation sites excluding steroid dienone is 2. The summed E-state index contributed by atoms with van der Waals surface area (Å²) in [6.45, 7) is 4.07. The lowest BCUT2D eigenvalue weighted by Gasteiger charge is -2.16. The van der Waals surface area contributed by atoms with Crippen molar-refractivity contribution in [1.29, 1.82) is 0 Å². The fraction of sp³-hybridized carbons (Fsp3) is 0.182. The molecular weight excluding hydrogens is 340 g/mol. The third-order valence-corrected chi connectivity index (χ3v) is 5.03. The molecule has 0 spiro atoms. The van der Waals surface area contributed by atoms with Crippen molar-refractivity contribution in [2.45, 2.75) is 20.3 Å². The van der Waals surface area contributed by atoms with E-state index < -0.39 is 11.2 Å². The van der Waals surface area contributed by atoms with Gasteiger partial charge in [0.1, 0.15) is 5.75 Å². The van der Waals surface area contributed by atoms with Gasteiger partial charge in [0.25, 0.3) is 5.56 Å². The van der Waals surface area contributed by atoms with E-state index in [0.717, 1.165) is 28.9 Å². The minimum Gasteiger partial charge on any atom is -0.496 e. The Morgan fingerprint density at radius 2 is 1.85 bits per heavy atom. The standard InChI is InChI=1S/C22H20N2O3/c1-13-4-5-15-11-16(6-7-18(13)15)19-12-17(10-14(2)21(19)27-3)24-9-8-20(25)23-22(24)26/h4,6-12H,5H2,1-3H3,(H,23,25,26). The molecule has 2 aromatic carbocycles. The molecule has 0 saturated heterocycles. The molecule has 4 rings (SSSR count). The maximum atomic E-state index is 12.2. The van der Waals surface area contributed by atoms with E-state index in [-0.39, 0.29) is 0 Å². The highest BCUT2D eigenvalue weighted by molar-refractivity contribution is 5.79. The predicted molar refractivity (Wildman–Crippen MR) is 107 cm³/mol. The Balaban J connectivity index is 1.91. The SMILES string of the molecule is COc1c(C)cc(-n2ccc(=O)[nH]c2=O)cc1-c1ccc2c(c1)CC=C2C. The lowest BCUT2D eigenvalue weighted by Crippen LogP contribution is -2.27. The molecular formula is C22H20N2O3. The number of rotatable bonds is 3. The van der Waals surface area contributed by atoms with E-state index >= 15 is 0 Å². The first-order valence-corrected chi connectivity index (χ1v) is 8.79. The van der Waals surface area contributed by atoms with E-state index in [1.807, 2.05) is 19.1 Å². The molecule has 0 radical (unpaired) electrons. The first kappa shape index (κ1) is 17.1. The number of aromatic amines is 1. The highest BCUT2D eigenvalue weighted by Gasteiger charge is 2.16. The lowest BCUT2D eigenvalue weighted by atomic mass is 9.96. The Morgan fingerprint density at radius 1 is 1.04 bits per heavy atom. The number of hydrogen-bond acceptors (Lipinski definition) is 3. The molecule has 0 atom stereocenters. The van der Waals surface area contributed by atoms with Crippen molar-refractivity contribution < 1.29 is 4.74 Å². The number of aryl methyl sites for hydroxylation is 1. The van der Waals surface area contributed by atoms with Gasteiger partial charge < -0.3 is 4.74 Å². The molecule has 0 fully saturated rings. The van der Waals surface area contributed by atoms with E-state index in [1.165, 1.54) is 33.5 Å². The predicted octanol–water partition coefficient (Wildman–Crippen LogP) is 3.47. The summed E-state index contributed by atoms with van der Waals surface area (Å²) < 4.78 is 7.08. The third kappa shape index (κ3) is 2.91. The smallest absolute Gasteiger partial charge is 0.332 e. The molecule has 1 aliphatic carbocycles. The highest BCUT2D eigenvalue weighted by Crippen LogP contribution is 2.38. The lowest BCUT2D eigenvalue weighted by molar-refractivity contribution is 0.413. The fourth-order valence-corrected chi connectivity index (χ4v) is 3.69. The van der Waals surface area contributed by atoms with Crippen LogP contribution in [0.25, 0.3) is 22.4 Å². The Morgan fingerprint density at radius 3 is 2.59 bits per heavy atom. The second-order valence-corrected chi connectivity index (χ2v) is 6.79. The van der Waals surface area contributed by atoms with E-state index in [2.05, 4.69) is 36.2 Å². The van der Waals surface area contributed by atoms with Crippen molar-refractivity contribution in [2.75, 3.05) is 7.11 Å². The Labute approximate surface area is 156 Å². The minimum atomic E-state index is -0.466. The zero-order valence-electron chi connectivity index (χ0n) is 15.5. The summed E-state index contributed by atoms with van der Waals surface area (Å²) in [5.41, 5.74) is 6.54. The molecule has 0 aliphatic heterocycles. The molecule has 1 heterocycles. The normalized spacial score (nSPS) is 12.6. The quantitative estimate of drug-likeness (QED) is 0.778. The number of aromatic nitrogens is 2. The molecule has 27 heavy (non-hydrogen) atoms. The van der Waals surface area contributed by atoms with Crippen LogP contribution in [0.2, 0.25) is 0 Å². The maximum Gasteiger partial charge on any atom is 0.332 e. The average Bonchev–Trinajstić information content (AvgIpc) is 3.01. The molecule has 136 valence electrons. The van der Waals surface area contributed by atoms with Crippen LogP contribution in [0.4, 0.5) is 0 Å². The van der Waals surface area contributed by atoms with Crippen molar-refractivity contribution >= 4 is 5.57 Å². The second kappa shape index (κ2) is 6.43. The highest BCUT2D eigenvalue weighted by atomic mass is 16.5. The van der Waals surface area contributed by atoms with Crippen LogP contribution in [0.5, 0.6) is 5.75 Å². The Kier molecular flexibility index (Phi) is 4.07. The summed E-state index contributed by atoms with van der Waals surface area (Å²) in [4.78, 5) is 25.9. The largest absolute Gasteiger partial charge is 0.496 e. The van der Waals surface area contributed by atoms with Gasteiger partial charge in [-0.15, -0.1) is 0 Å². The summed E-state index contributed by atoms with van der Waals surface area (Å²) >= 11 is 0. The van der Waals surface area contributed by atoms with Crippen molar-refractivity contribution in [3.8, 4) is 22.6 Å². The second-order valence-electron chi connectivity index (χ2n) is 6.79. The number of H-pyrrole nitrogens is 1. The van der Waals surface area contributed by atoms with E-state index in [0.29, 0.717) is 5.69 Å². The van der Waals surface area contributed by atoms with Crippen LogP contribution in [0.15, 0.2) is 58.3 Å². The van der Waals surface area contributed by atoms with Crippen molar-refractivity contribution in [3.05, 3.63) is 86.2 Å². The zero-order chi connectivity index (χ0) is 19.1. The van der Waals surface area contributed by atoms with E-state index in [1.54, 1.807) is 7.11 Å². The molecule has 5 nitrogen and oxygen atoms in total. The maximum absolute atomic E-state index is 12.2. The molecule has 0 saturated carbocycles. The number of fused-ring (bicyclic) bond motifs is 1. The third-order valence-electron chi connectivity index (χ3n) is 5.03. The van der Waals surface area contributed by atoms with Gasteiger partial charge >= 0.3 is 5.69 Å². The van der Waals surface area contributed by atoms with Gasteiger partial charge in [-0.3, -0.25) is 14.3 Å². The number of benzene rings is 2. The number of nitrogens with one attached hydrogen (secondary N) is 1. The number of nitrogens with zero attached hydrogens (tertiary/aromatic N) is 1. The summed E-state index contributed by atoms with van der Waals surface area (Å²) in [7, 11) is 1.65. The van der Waals surface area contributed by atoms with Gasteiger partial charge in [0, 0.05) is 17.8 Å². The molecule has 3 aromatic rings. The van der Waals surface area contributed by atoms with Crippen LogP contribution in [0.3, 0.4) is 0 Å². The summed E-state index contributed by atoms with van der Waals surface area (Å²) in [5.74, 6) is 0.777. The monoisotopic (exact) mass is 360 g/mol. The number of hydrogen-bond donors (Lipinski definition) is 1. The van der Waals surface area contributed by atoms with Crippen LogP contribution < -0.4 is 16.0 Å². The van der Waals surface area contributed by atoms with Crippen molar-refractivity contribution in [3.63, 3.8) is 0 Å². The Hall–Kier alpha value is -3.34. The van der Waals surface area contributed by atoms with Gasteiger partial charge in [-0.2, -0.15) is 0 Å². The van der Waals surface area contributed by atoms with Crippen LogP contribution in [-0.4, -0.2) is 16.7 Å². The van der Waals surface area contributed by atoms with Gasteiger partial charge in [-0.05, 0) is 60.2 Å². The molecule has 5 heteroatoms. The van der Waals surface area contributed by atoms with Crippen LogP contribution >= 0.6 is 0 Å². The van der Waals surface area contributed by atoms with Gasteiger partial charge in [0.15, 0.2) is 0 Å². The first-order valence-electron chi connectivity index (χ1n) is 8.79. The summed E-state index contributed by atoms with van der Waals surface area (Å²) in [6, 6.07) is 11.5.